The molecule has 1 saturated heterocycles. The maximum absolute atomic E-state index is 11.6. The Hall–Kier alpha value is -0.910. The Balaban J connectivity index is 2.50. The van der Waals surface area contributed by atoms with Crippen LogP contribution in [0.2, 0.25) is 0 Å². The average molecular weight is 217 g/mol. The lowest BCUT2D eigenvalue weighted by Crippen LogP contribution is -2.45. The predicted molar refractivity (Wildman–Crippen MR) is 56.5 cm³/mol. The van der Waals surface area contributed by atoms with Gasteiger partial charge >= 0.3 is 0 Å². The number of nitrogens with two attached hydrogens (primary N) is 1. The van der Waals surface area contributed by atoms with Crippen molar-refractivity contribution in [2.75, 3.05) is 18.1 Å². The number of nitrogens with zero attached hydrogens (tertiary/aromatic N) is 2. The summed E-state index contributed by atoms with van der Waals surface area (Å²) in [5.41, 5.74) is 5.27. The van der Waals surface area contributed by atoms with Crippen LogP contribution in [-0.2, 0) is 4.79 Å². The lowest BCUT2D eigenvalue weighted by atomic mass is 10.2. The molecule has 14 heavy (non-hydrogen) atoms. The Kier molecular flexibility index (Phi) is 4.06. The highest BCUT2D eigenvalue weighted by Crippen LogP contribution is 2.16. The number of rotatable bonds is 2. The number of carbonyl (C=O) groups excluding carboxylic acids is 1. The minimum absolute atomic E-state index is 0.00546. The van der Waals surface area contributed by atoms with Crippen LogP contribution in [0.25, 0.3) is 0 Å². The first-order valence-corrected chi connectivity index (χ1v) is 5.64. The molecule has 5 nitrogen and oxygen atoms in total. The molecular formula is C8H15N3O2S. The van der Waals surface area contributed by atoms with Gasteiger partial charge in [0.05, 0.1) is 6.42 Å². The van der Waals surface area contributed by atoms with Crippen LogP contribution < -0.4 is 5.73 Å². The van der Waals surface area contributed by atoms with Gasteiger partial charge in [0.15, 0.2) is 0 Å². The molecule has 1 rings (SSSR count). The first kappa shape index (κ1) is 11.2. The van der Waals surface area contributed by atoms with Crippen LogP contribution in [-0.4, -0.2) is 45.9 Å². The number of hydrogen-bond acceptors (Lipinski definition) is 4. The van der Waals surface area contributed by atoms with E-state index in [0.29, 0.717) is 0 Å². The largest absolute Gasteiger partial charge is 0.409 e. The molecule has 0 saturated carbocycles. The van der Waals surface area contributed by atoms with E-state index < -0.39 is 0 Å². The molecule has 0 bridgehead atoms. The van der Waals surface area contributed by atoms with Gasteiger partial charge in [0.2, 0.25) is 5.91 Å². The Morgan fingerprint density at radius 2 is 2.50 bits per heavy atom. The average Bonchev–Trinajstić information content (AvgIpc) is 2.18. The fourth-order valence-electron chi connectivity index (χ4n) is 1.39. The zero-order valence-electron chi connectivity index (χ0n) is 8.14. The van der Waals surface area contributed by atoms with Gasteiger partial charge in [-0.25, -0.2) is 0 Å². The Bertz CT molecular complexity index is 245. The Morgan fingerprint density at radius 3 is 3.07 bits per heavy atom. The van der Waals surface area contributed by atoms with E-state index in [2.05, 4.69) is 5.16 Å². The molecule has 3 N–H and O–H groups in total. The molecule has 0 radical (unpaired) electrons. The summed E-state index contributed by atoms with van der Waals surface area (Å²) in [5, 5.41) is 11.1. The van der Waals surface area contributed by atoms with Crippen molar-refractivity contribution in [1.29, 1.82) is 0 Å². The quantitative estimate of drug-likeness (QED) is 0.297. The van der Waals surface area contributed by atoms with Crippen LogP contribution in [0.5, 0.6) is 0 Å². The molecule has 1 unspecified atom stereocenters. The second kappa shape index (κ2) is 5.09. The SMILES string of the molecule is CC1CSCCN1C(=O)CC(N)=NO. The van der Waals surface area contributed by atoms with Gasteiger partial charge in [-0.15, -0.1) is 0 Å². The highest BCUT2D eigenvalue weighted by Gasteiger charge is 2.23. The summed E-state index contributed by atoms with van der Waals surface area (Å²) in [4.78, 5) is 13.4. The van der Waals surface area contributed by atoms with Gasteiger partial charge in [-0.1, -0.05) is 5.16 Å². The molecule has 1 heterocycles. The summed E-state index contributed by atoms with van der Waals surface area (Å²) in [7, 11) is 0. The van der Waals surface area contributed by atoms with Gasteiger partial charge < -0.3 is 15.8 Å². The van der Waals surface area contributed by atoms with E-state index in [0.717, 1.165) is 18.1 Å². The summed E-state index contributed by atoms with van der Waals surface area (Å²) in [6.07, 6.45) is 0.00546. The molecule has 1 amide bonds. The van der Waals surface area contributed by atoms with Crippen molar-refractivity contribution < 1.29 is 10.0 Å². The third-order valence-electron chi connectivity index (χ3n) is 2.15. The number of amides is 1. The van der Waals surface area contributed by atoms with E-state index in [1.54, 1.807) is 4.90 Å². The summed E-state index contributed by atoms with van der Waals surface area (Å²) in [6.45, 7) is 2.76. The first-order valence-electron chi connectivity index (χ1n) is 4.48. The van der Waals surface area contributed by atoms with Crippen molar-refractivity contribution in [3.05, 3.63) is 0 Å². The minimum atomic E-state index is -0.0619. The van der Waals surface area contributed by atoms with Crippen molar-refractivity contribution in [3.8, 4) is 0 Å². The molecule has 1 fully saturated rings. The van der Waals surface area contributed by atoms with Crippen LogP contribution in [0.1, 0.15) is 13.3 Å². The Labute approximate surface area is 87.3 Å². The smallest absolute Gasteiger partial charge is 0.230 e. The zero-order chi connectivity index (χ0) is 10.6. The molecule has 0 aliphatic carbocycles. The minimum Gasteiger partial charge on any atom is -0.409 e. The fourth-order valence-corrected chi connectivity index (χ4v) is 2.40. The molecule has 0 aromatic rings. The maximum atomic E-state index is 11.6. The molecule has 1 aliphatic rings. The van der Waals surface area contributed by atoms with E-state index in [1.807, 2.05) is 18.7 Å². The van der Waals surface area contributed by atoms with Crippen molar-refractivity contribution in [2.45, 2.75) is 19.4 Å². The third-order valence-corrected chi connectivity index (χ3v) is 3.34. The van der Waals surface area contributed by atoms with E-state index in [-0.39, 0.29) is 24.2 Å². The normalized spacial score (nSPS) is 23.6. The van der Waals surface area contributed by atoms with E-state index in [4.69, 9.17) is 10.9 Å². The standard InChI is InChI=1S/C8H15N3O2S/c1-6-5-14-3-2-11(6)8(12)4-7(9)10-13/h6,13H,2-5H2,1H3,(H2,9,10). The highest BCUT2D eigenvalue weighted by molar-refractivity contribution is 7.99. The van der Waals surface area contributed by atoms with E-state index >= 15 is 0 Å². The second-order valence-corrected chi connectivity index (χ2v) is 4.43. The number of oxime groups is 1. The lowest BCUT2D eigenvalue weighted by molar-refractivity contribution is -0.131. The molecule has 0 spiro atoms. The van der Waals surface area contributed by atoms with Gasteiger partial charge in [0.25, 0.3) is 0 Å². The van der Waals surface area contributed by atoms with Crippen LogP contribution in [0.4, 0.5) is 0 Å². The molecule has 1 aliphatic heterocycles. The number of amidine groups is 1. The number of carbonyl (C=O) groups is 1. The summed E-state index contributed by atoms with van der Waals surface area (Å²) in [6, 6.07) is 0.243. The summed E-state index contributed by atoms with van der Waals surface area (Å²) in [5.74, 6) is 1.84. The molecule has 80 valence electrons. The third kappa shape index (κ3) is 2.80. The summed E-state index contributed by atoms with van der Waals surface area (Å²) >= 11 is 1.84. The van der Waals surface area contributed by atoms with Gasteiger partial charge in [-0.2, -0.15) is 11.8 Å². The molecule has 6 heteroatoms. The number of thioether (sulfide) groups is 1. The monoisotopic (exact) mass is 217 g/mol. The molecule has 0 aromatic carbocycles. The van der Waals surface area contributed by atoms with Crippen molar-refractivity contribution in [2.24, 2.45) is 10.9 Å². The summed E-state index contributed by atoms with van der Waals surface area (Å²) < 4.78 is 0. The van der Waals surface area contributed by atoms with Crippen molar-refractivity contribution >= 4 is 23.5 Å². The first-order chi connectivity index (χ1) is 6.65. The topological polar surface area (TPSA) is 78.9 Å². The predicted octanol–water partition coefficient (Wildman–Crippen LogP) is 0.0868. The molecule has 1 atom stereocenters. The van der Waals surface area contributed by atoms with Crippen LogP contribution in [0, 0.1) is 0 Å². The Morgan fingerprint density at radius 1 is 1.79 bits per heavy atom. The van der Waals surface area contributed by atoms with Crippen LogP contribution in [0.3, 0.4) is 0 Å². The lowest BCUT2D eigenvalue weighted by Gasteiger charge is -2.32. The van der Waals surface area contributed by atoms with Gasteiger partial charge in [0.1, 0.15) is 5.84 Å². The fraction of sp³-hybridized carbons (Fsp3) is 0.750. The van der Waals surface area contributed by atoms with Crippen molar-refractivity contribution in [1.82, 2.24) is 4.90 Å². The second-order valence-electron chi connectivity index (χ2n) is 3.28. The molecular weight excluding hydrogens is 202 g/mol. The van der Waals surface area contributed by atoms with Crippen LogP contribution >= 0.6 is 11.8 Å². The van der Waals surface area contributed by atoms with Gasteiger partial charge in [0, 0.05) is 24.1 Å². The molecule has 0 aromatic heterocycles. The van der Waals surface area contributed by atoms with Crippen molar-refractivity contribution in [3.63, 3.8) is 0 Å². The number of hydrogen-bond donors (Lipinski definition) is 2. The highest BCUT2D eigenvalue weighted by atomic mass is 32.2. The van der Waals surface area contributed by atoms with Crippen LogP contribution in [0.15, 0.2) is 5.16 Å². The zero-order valence-corrected chi connectivity index (χ0v) is 8.96. The van der Waals surface area contributed by atoms with Gasteiger partial charge in [-0.3, -0.25) is 4.79 Å². The van der Waals surface area contributed by atoms with Gasteiger partial charge in [-0.05, 0) is 6.92 Å². The van der Waals surface area contributed by atoms with E-state index in [1.165, 1.54) is 0 Å². The van der Waals surface area contributed by atoms with E-state index in [9.17, 15) is 4.79 Å². The maximum Gasteiger partial charge on any atom is 0.230 e.